The Bertz CT molecular complexity index is 229. The number of rotatable bonds is 3. The van der Waals surface area contributed by atoms with Gasteiger partial charge in [-0.2, -0.15) is 0 Å². The van der Waals surface area contributed by atoms with Gasteiger partial charge in [0.2, 0.25) is 0 Å². The highest BCUT2D eigenvalue weighted by Gasteiger charge is 1.96. The first-order valence-corrected chi connectivity index (χ1v) is 4.57. The fourth-order valence-electron chi connectivity index (χ4n) is 0.681. The summed E-state index contributed by atoms with van der Waals surface area (Å²) >= 11 is 8.86. The molecule has 0 amide bonds. The van der Waals surface area contributed by atoms with Crippen molar-refractivity contribution in [3.63, 3.8) is 0 Å². The second kappa shape index (κ2) is 4.57. The van der Waals surface area contributed by atoms with E-state index in [1.807, 2.05) is 12.1 Å². The third kappa shape index (κ3) is 2.67. The predicted octanol–water partition coefficient (Wildman–Crippen LogP) is 2.49. The van der Waals surface area contributed by atoms with Crippen LogP contribution in [0.3, 0.4) is 0 Å². The Labute approximate surface area is 79.1 Å². The first-order chi connectivity index (χ1) is 5.34. The molecule has 1 heterocycles. The second-order valence-corrected chi connectivity index (χ2v) is 3.18. The third-order valence-corrected chi connectivity index (χ3v) is 1.97. The molecule has 1 N–H and O–H groups in total. The van der Waals surface area contributed by atoms with Crippen molar-refractivity contribution in [2.24, 2.45) is 0 Å². The van der Waals surface area contributed by atoms with E-state index in [0.29, 0.717) is 5.88 Å². The highest BCUT2D eigenvalue weighted by molar-refractivity contribution is 9.10. The quantitative estimate of drug-likeness (QED) is 0.814. The number of hydrogen-bond donors (Lipinski definition) is 1. The molecule has 0 saturated carbocycles. The lowest BCUT2D eigenvalue weighted by Gasteiger charge is -2.03. The summed E-state index contributed by atoms with van der Waals surface area (Å²) in [6.45, 7) is 0.733. The zero-order valence-electron chi connectivity index (χ0n) is 5.85. The third-order valence-electron chi connectivity index (χ3n) is 1.15. The van der Waals surface area contributed by atoms with E-state index in [1.165, 1.54) is 0 Å². The molecule has 1 rings (SSSR count). The average Bonchev–Trinajstić information content (AvgIpc) is 2.03. The van der Waals surface area contributed by atoms with Crippen molar-refractivity contribution in [3.05, 3.63) is 22.8 Å². The van der Waals surface area contributed by atoms with Gasteiger partial charge in [-0.3, -0.25) is 0 Å². The van der Waals surface area contributed by atoms with E-state index in [4.69, 9.17) is 11.6 Å². The van der Waals surface area contributed by atoms with Gasteiger partial charge in [0.25, 0.3) is 0 Å². The molecule has 60 valence electrons. The summed E-state index contributed by atoms with van der Waals surface area (Å²) < 4.78 is 0.963. The average molecular weight is 236 g/mol. The van der Waals surface area contributed by atoms with Crippen molar-refractivity contribution in [1.29, 1.82) is 0 Å². The van der Waals surface area contributed by atoms with Crippen LogP contribution in [0.4, 0.5) is 5.82 Å². The minimum Gasteiger partial charge on any atom is -0.368 e. The summed E-state index contributed by atoms with van der Waals surface area (Å²) in [4.78, 5) is 4.10. The molecule has 0 aliphatic carbocycles. The predicted molar refractivity (Wildman–Crippen MR) is 51.1 cm³/mol. The van der Waals surface area contributed by atoms with Gasteiger partial charge >= 0.3 is 0 Å². The maximum Gasteiger partial charge on any atom is 0.140 e. The number of nitrogens with one attached hydrogen (secondary N) is 1. The molecule has 0 saturated heterocycles. The number of hydrogen-bond acceptors (Lipinski definition) is 2. The van der Waals surface area contributed by atoms with Crippen LogP contribution in [0.15, 0.2) is 22.8 Å². The van der Waals surface area contributed by atoms with Gasteiger partial charge in [0, 0.05) is 18.6 Å². The van der Waals surface area contributed by atoms with Crippen LogP contribution in [0.5, 0.6) is 0 Å². The van der Waals surface area contributed by atoms with E-state index in [0.717, 1.165) is 16.8 Å². The molecule has 0 fully saturated rings. The molecular formula is C7H8BrClN2. The molecule has 0 aliphatic heterocycles. The first kappa shape index (κ1) is 8.81. The normalized spacial score (nSPS) is 9.64. The highest BCUT2D eigenvalue weighted by atomic mass is 79.9. The zero-order chi connectivity index (χ0) is 8.10. The Hall–Kier alpha value is -0.280. The highest BCUT2D eigenvalue weighted by Crippen LogP contribution is 2.17. The number of alkyl halides is 1. The summed E-state index contributed by atoms with van der Waals surface area (Å²) in [5.41, 5.74) is 0. The van der Waals surface area contributed by atoms with Crippen molar-refractivity contribution in [1.82, 2.24) is 4.98 Å². The van der Waals surface area contributed by atoms with Crippen LogP contribution in [0.25, 0.3) is 0 Å². The molecule has 0 aliphatic rings. The van der Waals surface area contributed by atoms with Gasteiger partial charge in [-0.15, -0.1) is 11.6 Å². The molecule has 0 aromatic carbocycles. The van der Waals surface area contributed by atoms with Gasteiger partial charge in [-0.05, 0) is 28.1 Å². The number of nitrogens with zero attached hydrogens (tertiary/aromatic N) is 1. The molecule has 0 atom stereocenters. The minimum absolute atomic E-state index is 0.586. The van der Waals surface area contributed by atoms with Crippen LogP contribution in [0.2, 0.25) is 0 Å². The lowest BCUT2D eigenvalue weighted by atomic mass is 10.4. The van der Waals surface area contributed by atoms with Crippen LogP contribution < -0.4 is 5.32 Å². The van der Waals surface area contributed by atoms with Crippen LogP contribution in [-0.4, -0.2) is 17.4 Å². The van der Waals surface area contributed by atoms with Crippen molar-refractivity contribution >= 4 is 33.3 Å². The Kier molecular flexibility index (Phi) is 3.66. The molecule has 0 radical (unpaired) electrons. The lowest BCUT2D eigenvalue weighted by Crippen LogP contribution is -2.04. The number of anilines is 1. The van der Waals surface area contributed by atoms with Gasteiger partial charge in [0.1, 0.15) is 5.82 Å². The van der Waals surface area contributed by atoms with Crippen molar-refractivity contribution < 1.29 is 0 Å². The largest absolute Gasteiger partial charge is 0.368 e. The molecule has 1 aromatic rings. The summed E-state index contributed by atoms with van der Waals surface area (Å²) in [5, 5.41) is 3.07. The fraction of sp³-hybridized carbons (Fsp3) is 0.286. The Morgan fingerprint density at radius 2 is 2.45 bits per heavy atom. The van der Waals surface area contributed by atoms with Gasteiger partial charge in [0.15, 0.2) is 0 Å². The summed E-state index contributed by atoms with van der Waals surface area (Å²) in [5.74, 6) is 1.43. The van der Waals surface area contributed by atoms with Crippen molar-refractivity contribution in [2.45, 2.75) is 0 Å². The molecule has 11 heavy (non-hydrogen) atoms. The number of pyridine rings is 1. The number of aromatic nitrogens is 1. The molecular weight excluding hydrogens is 227 g/mol. The SMILES string of the molecule is ClCCNc1ncccc1Br. The Morgan fingerprint density at radius 3 is 3.09 bits per heavy atom. The van der Waals surface area contributed by atoms with Gasteiger partial charge in [-0.25, -0.2) is 4.98 Å². The molecule has 1 aromatic heterocycles. The van der Waals surface area contributed by atoms with Crippen LogP contribution in [-0.2, 0) is 0 Å². The van der Waals surface area contributed by atoms with Crippen molar-refractivity contribution in [3.8, 4) is 0 Å². The Morgan fingerprint density at radius 1 is 1.64 bits per heavy atom. The molecule has 4 heteroatoms. The summed E-state index contributed by atoms with van der Waals surface area (Å²) in [6.07, 6.45) is 1.74. The van der Waals surface area contributed by atoms with Crippen LogP contribution >= 0.6 is 27.5 Å². The maximum atomic E-state index is 5.50. The van der Waals surface area contributed by atoms with E-state index in [1.54, 1.807) is 6.20 Å². The van der Waals surface area contributed by atoms with E-state index in [-0.39, 0.29) is 0 Å². The van der Waals surface area contributed by atoms with Crippen LogP contribution in [0.1, 0.15) is 0 Å². The Balaban J connectivity index is 2.62. The standard InChI is InChI=1S/C7H8BrClN2/c8-6-2-1-4-10-7(6)11-5-3-9/h1-2,4H,3,5H2,(H,10,11). The van der Waals surface area contributed by atoms with E-state index in [9.17, 15) is 0 Å². The zero-order valence-corrected chi connectivity index (χ0v) is 8.19. The van der Waals surface area contributed by atoms with E-state index >= 15 is 0 Å². The first-order valence-electron chi connectivity index (χ1n) is 3.25. The lowest BCUT2D eigenvalue weighted by molar-refractivity contribution is 1.16. The van der Waals surface area contributed by atoms with Gasteiger partial charge in [-0.1, -0.05) is 0 Å². The fourth-order valence-corrected chi connectivity index (χ4v) is 1.17. The molecule has 2 nitrogen and oxygen atoms in total. The monoisotopic (exact) mass is 234 g/mol. The van der Waals surface area contributed by atoms with Gasteiger partial charge < -0.3 is 5.32 Å². The maximum absolute atomic E-state index is 5.50. The van der Waals surface area contributed by atoms with Crippen molar-refractivity contribution in [2.75, 3.05) is 17.7 Å². The van der Waals surface area contributed by atoms with E-state index in [2.05, 4.69) is 26.2 Å². The molecule has 0 spiro atoms. The van der Waals surface area contributed by atoms with Crippen LogP contribution in [0, 0.1) is 0 Å². The summed E-state index contributed by atoms with van der Waals surface area (Å²) in [7, 11) is 0. The summed E-state index contributed by atoms with van der Waals surface area (Å²) in [6, 6.07) is 3.81. The molecule has 0 bridgehead atoms. The smallest absolute Gasteiger partial charge is 0.140 e. The minimum atomic E-state index is 0.586. The van der Waals surface area contributed by atoms with E-state index < -0.39 is 0 Å². The number of halogens is 2. The topological polar surface area (TPSA) is 24.9 Å². The van der Waals surface area contributed by atoms with Gasteiger partial charge in [0.05, 0.1) is 4.47 Å². The second-order valence-electron chi connectivity index (χ2n) is 1.95. The molecule has 0 unspecified atom stereocenters.